The third kappa shape index (κ3) is 3.55. The van der Waals surface area contributed by atoms with Crippen LogP contribution in [-0.4, -0.2) is 36.5 Å². The average molecular weight is 344 g/mol. The van der Waals surface area contributed by atoms with Crippen LogP contribution in [0.4, 0.5) is 0 Å². The molecule has 1 aliphatic rings. The van der Waals surface area contributed by atoms with Crippen LogP contribution < -0.4 is 0 Å². The molecule has 6 heteroatoms. The maximum Gasteiger partial charge on any atom is 0.315 e. The minimum atomic E-state index is -0.552. The number of hydrogen-bond donors (Lipinski definition) is 0. The molecule has 2 unspecified atom stereocenters. The summed E-state index contributed by atoms with van der Waals surface area (Å²) in [5, 5.41) is 0.819. The molecule has 0 N–H and O–H groups in total. The van der Waals surface area contributed by atoms with Crippen molar-refractivity contribution in [1.29, 1.82) is 0 Å². The molecule has 1 aromatic carbocycles. The number of halogens is 2. The summed E-state index contributed by atoms with van der Waals surface area (Å²) in [7, 11) is 1.35. The number of methoxy groups -OCH3 is 1. The highest BCUT2D eigenvalue weighted by molar-refractivity contribution is 6.42. The molecule has 1 aromatic rings. The summed E-state index contributed by atoms with van der Waals surface area (Å²) in [6, 6.07) is 4.90. The van der Waals surface area contributed by atoms with Gasteiger partial charge in [0.15, 0.2) is 0 Å². The van der Waals surface area contributed by atoms with Crippen LogP contribution >= 0.6 is 23.2 Å². The molecule has 1 fully saturated rings. The van der Waals surface area contributed by atoms with Crippen molar-refractivity contribution >= 4 is 35.1 Å². The third-order valence-corrected chi connectivity index (χ3v) is 4.84. The lowest BCUT2D eigenvalue weighted by Crippen LogP contribution is -2.48. The molecule has 0 bridgehead atoms. The summed E-state index contributed by atoms with van der Waals surface area (Å²) in [6.07, 6.45) is 2.69. The Kier molecular flexibility index (Phi) is 5.70. The monoisotopic (exact) mass is 343 g/mol. The molecule has 0 saturated carbocycles. The molecule has 0 radical (unpaired) electrons. The number of hydrogen-bond acceptors (Lipinski definition) is 3. The van der Waals surface area contributed by atoms with Gasteiger partial charge < -0.3 is 9.64 Å². The SMILES string of the molecule is COC(=O)C(c1ccc(Cl)c(Cl)c1)C1CCCCN1C(C)=O. The second kappa shape index (κ2) is 7.34. The lowest BCUT2D eigenvalue weighted by molar-refractivity contribution is -0.146. The molecule has 0 spiro atoms. The summed E-state index contributed by atoms with van der Waals surface area (Å²) in [4.78, 5) is 26.0. The molecular weight excluding hydrogens is 325 g/mol. The predicted molar refractivity (Wildman–Crippen MR) is 86.2 cm³/mol. The minimum absolute atomic E-state index is 0.0290. The quantitative estimate of drug-likeness (QED) is 0.787. The summed E-state index contributed by atoms with van der Waals surface area (Å²) in [6.45, 7) is 2.19. The van der Waals surface area contributed by atoms with Gasteiger partial charge in [0, 0.05) is 19.5 Å². The van der Waals surface area contributed by atoms with Gasteiger partial charge >= 0.3 is 5.97 Å². The Morgan fingerprint density at radius 2 is 2.00 bits per heavy atom. The Bertz CT molecular complexity index is 577. The van der Waals surface area contributed by atoms with E-state index >= 15 is 0 Å². The van der Waals surface area contributed by atoms with Crippen LogP contribution in [0.2, 0.25) is 10.0 Å². The fourth-order valence-electron chi connectivity index (χ4n) is 3.04. The number of piperidine rings is 1. The number of nitrogens with zero attached hydrogens (tertiary/aromatic N) is 1. The van der Waals surface area contributed by atoms with Crippen LogP contribution in [0.25, 0.3) is 0 Å². The Morgan fingerprint density at radius 1 is 1.27 bits per heavy atom. The van der Waals surface area contributed by atoms with Gasteiger partial charge in [-0.05, 0) is 37.0 Å². The molecule has 1 heterocycles. The Labute approximate surface area is 140 Å². The van der Waals surface area contributed by atoms with Crippen LogP contribution in [0.15, 0.2) is 18.2 Å². The minimum Gasteiger partial charge on any atom is -0.468 e. The Morgan fingerprint density at radius 3 is 2.59 bits per heavy atom. The van der Waals surface area contributed by atoms with E-state index < -0.39 is 5.92 Å². The van der Waals surface area contributed by atoms with Gasteiger partial charge in [-0.2, -0.15) is 0 Å². The van der Waals surface area contributed by atoms with Gasteiger partial charge in [0.1, 0.15) is 5.92 Å². The largest absolute Gasteiger partial charge is 0.468 e. The standard InChI is InChI=1S/C16H19Cl2NO3/c1-10(20)19-8-4-3-5-14(19)15(16(21)22-2)11-6-7-12(17)13(18)9-11/h6-7,9,14-15H,3-5,8H2,1-2H3. The molecule has 2 atom stereocenters. The fourth-order valence-corrected chi connectivity index (χ4v) is 3.35. The lowest BCUT2D eigenvalue weighted by atomic mass is 9.85. The van der Waals surface area contributed by atoms with Gasteiger partial charge in [-0.15, -0.1) is 0 Å². The van der Waals surface area contributed by atoms with Crippen LogP contribution in [0.1, 0.15) is 37.7 Å². The number of carbonyl (C=O) groups excluding carboxylic acids is 2. The first-order chi connectivity index (χ1) is 10.5. The zero-order valence-corrected chi connectivity index (χ0v) is 14.2. The van der Waals surface area contributed by atoms with Gasteiger partial charge in [0.2, 0.25) is 5.91 Å². The van der Waals surface area contributed by atoms with E-state index in [9.17, 15) is 9.59 Å². The normalized spacial score (nSPS) is 19.6. The molecule has 120 valence electrons. The predicted octanol–water partition coefficient (Wildman–Crippen LogP) is 3.65. The molecule has 0 aliphatic carbocycles. The zero-order valence-electron chi connectivity index (χ0n) is 12.6. The van der Waals surface area contributed by atoms with E-state index in [1.807, 2.05) is 0 Å². The number of rotatable bonds is 3. The van der Waals surface area contributed by atoms with Crippen molar-refractivity contribution in [2.45, 2.75) is 38.1 Å². The summed E-state index contributed by atoms with van der Waals surface area (Å²) in [5.74, 6) is -0.945. The van der Waals surface area contributed by atoms with Crippen LogP contribution in [-0.2, 0) is 14.3 Å². The van der Waals surface area contributed by atoms with E-state index in [-0.39, 0.29) is 17.9 Å². The summed E-state index contributed by atoms with van der Waals surface area (Å²) < 4.78 is 4.97. The highest BCUT2D eigenvalue weighted by Crippen LogP contribution is 2.34. The smallest absolute Gasteiger partial charge is 0.315 e. The van der Waals surface area contributed by atoms with Crippen LogP contribution in [0.3, 0.4) is 0 Å². The van der Waals surface area contributed by atoms with Crippen LogP contribution in [0, 0.1) is 0 Å². The van der Waals surface area contributed by atoms with Crippen molar-refractivity contribution in [1.82, 2.24) is 4.90 Å². The van der Waals surface area contributed by atoms with Crippen molar-refractivity contribution in [3.05, 3.63) is 33.8 Å². The van der Waals surface area contributed by atoms with Crippen molar-refractivity contribution in [3.63, 3.8) is 0 Å². The molecule has 0 aromatic heterocycles. The van der Waals surface area contributed by atoms with Gasteiger partial charge in [-0.1, -0.05) is 29.3 Å². The van der Waals surface area contributed by atoms with E-state index in [0.717, 1.165) is 24.8 Å². The highest BCUT2D eigenvalue weighted by Gasteiger charge is 2.37. The van der Waals surface area contributed by atoms with Crippen LogP contribution in [0.5, 0.6) is 0 Å². The second-order valence-electron chi connectivity index (χ2n) is 5.45. The first-order valence-electron chi connectivity index (χ1n) is 7.25. The lowest BCUT2D eigenvalue weighted by Gasteiger charge is -2.39. The van der Waals surface area contributed by atoms with E-state index in [0.29, 0.717) is 16.6 Å². The Hall–Kier alpha value is -1.26. The molecule has 22 heavy (non-hydrogen) atoms. The van der Waals surface area contributed by atoms with Gasteiger partial charge in [-0.25, -0.2) is 0 Å². The molecule has 4 nitrogen and oxygen atoms in total. The molecule has 1 saturated heterocycles. The van der Waals surface area contributed by atoms with Crippen molar-refractivity contribution in [2.24, 2.45) is 0 Å². The number of amides is 1. The Balaban J connectivity index is 2.42. The molecule has 1 amide bonds. The number of benzene rings is 1. The van der Waals surface area contributed by atoms with Gasteiger partial charge in [0.25, 0.3) is 0 Å². The van der Waals surface area contributed by atoms with Gasteiger partial charge in [-0.3, -0.25) is 9.59 Å². The van der Waals surface area contributed by atoms with E-state index in [2.05, 4.69) is 0 Å². The zero-order chi connectivity index (χ0) is 16.3. The third-order valence-electron chi connectivity index (χ3n) is 4.10. The number of ether oxygens (including phenoxy) is 1. The van der Waals surface area contributed by atoms with Crippen molar-refractivity contribution in [3.8, 4) is 0 Å². The molecular formula is C16H19Cl2NO3. The topological polar surface area (TPSA) is 46.6 Å². The number of carbonyl (C=O) groups is 2. The maximum absolute atomic E-state index is 12.3. The van der Waals surface area contributed by atoms with E-state index in [1.54, 1.807) is 23.1 Å². The molecule has 2 rings (SSSR count). The van der Waals surface area contributed by atoms with Gasteiger partial charge in [0.05, 0.1) is 17.2 Å². The fraction of sp³-hybridized carbons (Fsp3) is 0.500. The van der Waals surface area contributed by atoms with Crippen molar-refractivity contribution < 1.29 is 14.3 Å². The maximum atomic E-state index is 12.3. The first kappa shape index (κ1) is 17.1. The summed E-state index contributed by atoms with van der Waals surface area (Å²) in [5.41, 5.74) is 0.722. The van der Waals surface area contributed by atoms with Crippen molar-refractivity contribution in [2.75, 3.05) is 13.7 Å². The first-order valence-corrected chi connectivity index (χ1v) is 8.01. The van der Waals surface area contributed by atoms with E-state index in [4.69, 9.17) is 27.9 Å². The number of likely N-dealkylation sites (tertiary alicyclic amines) is 1. The average Bonchev–Trinajstić information content (AvgIpc) is 2.51. The highest BCUT2D eigenvalue weighted by atomic mass is 35.5. The number of esters is 1. The van der Waals surface area contributed by atoms with E-state index in [1.165, 1.54) is 14.0 Å². The summed E-state index contributed by atoms with van der Waals surface area (Å²) >= 11 is 12.0. The second-order valence-corrected chi connectivity index (χ2v) is 6.26. The molecule has 1 aliphatic heterocycles.